The number of carboxylic acid groups (broad SMARTS) is 1. The Hall–Kier alpha value is -1.56. The van der Waals surface area contributed by atoms with Gasteiger partial charge in [0.1, 0.15) is 5.76 Å². The fraction of sp³-hybridized carbons (Fsp3) is 0.273. The van der Waals surface area contributed by atoms with Gasteiger partial charge in [-0.1, -0.05) is 0 Å². The predicted molar refractivity (Wildman–Crippen MR) is 64.2 cm³/mol. The van der Waals surface area contributed by atoms with E-state index in [1.54, 1.807) is 16.8 Å². The smallest absolute Gasteiger partial charge is 0.337 e. The Morgan fingerprint density at radius 2 is 2.29 bits per heavy atom. The van der Waals surface area contributed by atoms with E-state index in [9.17, 15) is 4.79 Å². The molecule has 0 aliphatic rings. The van der Waals surface area contributed by atoms with Crippen LogP contribution in [0, 0.1) is 13.8 Å². The second kappa shape index (κ2) is 4.37. The first-order chi connectivity index (χ1) is 7.97. The lowest BCUT2D eigenvalue weighted by molar-refractivity contribution is 0.0697. The molecule has 0 unspecified atom stereocenters. The number of aromatic carboxylic acids is 1. The van der Waals surface area contributed by atoms with Gasteiger partial charge in [-0.3, -0.25) is 0 Å². The summed E-state index contributed by atoms with van der Waals surface area (Å²) in [5.74, 6) is 0.388. The number of hydrogen-bond acceptors (Lipinski definition) is 3. The van der Waals surface area contributed by atoms with Gasteiger partial charge >= 0.3 is 5.97 Å². The number of aryl methyl sites for hydroxylation is 2. The van der Waals surface area contributed by atoms with Crippen molar-refractivity contribution in [3.63, 3.8) is 0 Å². The second-order valence-corrected chi connectivity index (χ2v) is 4.55. The molecule has 17 heavy (non-hydrogen) atoms. The summed E-state index contributed by atoms with van der Waals surface area (Å²) >= 11 is 3.30. The summed E-state index contributed by atoms with van der Waals surface area (Å²) < 4.78 is 7.86. The van der Waals surface area contributed by atoms with Crippen molar-refractivity contribution in [1.29, 1.82) is 0 Å². The summed E-state index contributed by atoms with van der Waals surface area (Å²) in [4.78, 5) is 15.0. The SMILES string of the molecule is Cc1nc(Cn2cc(C(=O)O)cc2Br)oc1C. The predicted octanol–water partition coefficient (Wildman–Crippen LogP) is 2.60. The van der Waals surface area contributed by atoms with Gasteiger partial charge in [0.25, 0.3) is 0 Å². The van der Waals surface area contributed by atoms with Crippen LogP contribution in [-0.2, 0) is 6.54 Å². The molecule has 0 atom stereocenters. The molecule has 0 aromatic carbocycles. The van der Waals surface area contributed by atoms with Crippen LogP contribution in [0.15, 0.2) is 21.3 Å². The first-order valence-corrected chi connectivity index (χ1v) is 5.78. The molecule has 2 rings (SSSR count). The monoisotopic (exact) mass is 298 g/mol. The summed E-state index contributed by atoms with van der Waals surface area (Å²) in [6.45, 7) is 4.12. The van der Waals surface area contributed by atoms with E-state index in [2.05, 4.69) is 20.9 Å². The largest absolute Gasteiger partial charge is 0.478 e. The lowest BCUT2D eigenvalue weighted by Crippen LogP contribution is -1.99. The Morgan fingerprint density at radius 3 is 2.76 bits per heavy atom. The Morgan fingerprint density at radius 1 is 1.59 bits per heavy atom. The molecule has 1 N–H and O–H groups in total. The summed E-state index contributed by atoms with van der Waals surface area (Å²) in [5, 5.41) is 8.86. The Kier molecular flexibility index (Phi) is 3.06. The molecule has 0 saturated heterocycles. The van der Waals surface area contributed by atoms with Crippen LogP contribution in [-0.4, -0.2) is 20.6 Å². The van der Waals surface area contributed by atoms with Gasteiger partial charge < -0.3 is 14.1 Å². The van der Waals surface area contributed by atoms with E-state index in [0.29, 0.717) is 17.0 Å². The highest BCUT2D eigenvalue weighted by Crippen LogP contribution is 2.18. The van der Waals surface area contributed by atoms with Crippen molar-refractivity contribution in [2.75, 3.05) is 0 Å². The van der Waals surface area contributed by atoms with Crippen molar-refractivity contribution in [3.8, 4) is 0 Å². The fourth-order valence-corrected chi connectivity index (χ4v) is 1.94. The first kappa shape index (κ1) is 11.9. The van der Waals surface area contributed by atoms with Gasteiger partial charge in [0, 0.05) is 6.20 Å². The summed E-state index contributed by atoms with van der Waals surface area (Å²) in [6, 6.07) is 1.55. The van der Waals surface area contributed by atoms with Crippen molar-refractivity contribution < 1.29 is 14.3 Å². The van der Waals surface area contributed by atoms with Gasteiger partial charge in [0.05, 0.1) is 22.4 Å². The van der Waals surface area contributed by atoms with E-state index in [0.717, 1.165) is 11.5 Å². The number of hydrogen-bond donors (Lipinski definition) is 1. The highest BCUT2D eigenvalue weighted by molar-refractivity contribution is 9.10. The molecule has 0 bridgehead atoms. The second-order valence-electron chi connectivity index (χ2n) is 3.73. The van der Waals surface area contributed by atoms with Gasteiger partial charge in [-0.15, -0.1) is 0 Å². The van der Waals surface area contributed by atoms with Crippen molar-refractivity contribution in [1.82, 2.24) is 9.55 Å². The van der Waals surface area contributed by atoms with E-state index in [1.165, 1.54) is 0 Å². The quantitative estimate of drug-likeness (QED) is 0.946. The Labute approximate surface area is 106 Å². The maximum absolute atomic E-state index is 10.8. The zero-order chi connectivity index (χ0) is 12.6. The third-order valence-corrected chi connectivity index (χ3v) is 3.15. The lowest BCUT2D eigenvalue weighted by atomic mass is 10.4. The third kappa shape index (κ3) is 2.41. The number of nitrogens with zero attached hydrogens (tertiary/aromatic N) is 2. The number of rotatable bonds is 3. The summed E-state index contributed by atoms with van der Waals surface area (Å²) in [7, 11) is 0. The van der Waals surface area contributed by atoms with E-state index >= 15 is 0 Å². The van der Waals surface area contributed by atoms with Crippen LogP contribution < -0.4 is 0 Å². The maximum atomic E-state index is 10.8. The van der Waals surface area contributed by atoms with E-state index in [4.69, 9.17) is 9.52 Å². The molecular formula is C11H11BrN2O3. The molecule has 0 amide bonds. The van der Waals surface area contributed by atoms with Crippen LogP contribution in [0.1, 0.15) is 27.7 Å². The third-order valence-electron chi connectivity index (χ3n) is 2.47. The molecule has 0 aliphatic heterocycles. The molecular weight excluding hydrogens is 288 g/mol. The molecule has 0 radical (unpaired) electrons. The van der Waals surface area contributed by atoms with Crippen molar-refractivity contribution in [3.05, 3.63) is 39.8 Å². The van der Waals surface area contributed by atoms with Crippen LogP contribution in [0.4, 0.5) is 0 Å². The molecule has 2 heterocycles. The van der Waals surface area contributed by atoms with Crippen LogP contribution in [0.25, 0.3) is 0 Å². The number of aromatic nitrogens is 2. The highest BCUT2D eigenvalue weighted by Gasteiger charge is 2.12. The van der Waals surface area contributed by atoms with E-state index in [1.807, 2.05) is 13.8 Å². The average molecular weight is 299 g/mol. The highest BCUT2D eigenvalue weighted by atomic mass is 79.9. The normalized spacial score (nSPS) is 10.8. The zero-order valence-electron chi connectivity index (χ0n) is 9.40. The van der Waals surface area contributed by atoms with E-state index in [-0.39, 0.29) is 5.56 Å². The van der Waals surface area contributed by atoms with Crippen LogP contribution in [0.3, 0.4) is 0 Å². The van der Waals surface area contributed by atoms with E-state index < -0.39 is 5.97 Å². The molecule has 90 valence electrons. The summed E-state index contributed by atoms with van der Waals surface area (Å²) in [6.07, 6.45) is 1.54. The minimum absolute atomic E-state index is 0.233. The minimum atomic E-state index is -0.954. The van der Waals surface area contributed by atoms with Gasteiger partial charge in [-0.05, 0) is 35.8 Å². The van der Waals surface area contributed by atoms with Crippen LogP contribution in [0.2, 0.25) is 0 Å². The van der Waals surface area contributed by atoms with Crippen LogP contribution in [0.5, 0.6) is 0 Å². The standard InChI is InChI=1S/C11H11BrN2O3/c1-6-7(2)17-10(13-6)5-14-4-8(11(15)16)3-9(14)12/h3-4H,5H2,1-2H3,(H,15,16). The number of carbonyl (C=O) groups is 1. The van der Waals surface area contributed by atoms with Crippen molar-refractivity contribution >= 4 is 21.9 Å². The molecule has 6 heteroatoms. The van der Waals surface area contributed by atoms with Crippen molar-refractivity contribution in [2.45, 2.75) is 20.4 Å². The Bertz CT molecular complexity index is 552. The number of carboxylic acids is 1. The number of halogens is 1. The maximum Gasteiger partial charge on any atom is 0.337 e. The molecule has 5 nitrogen and oxygen atoms in total. The van der Waals surface area contributed by atoms with Gasteiger partial charge in [-0.25, -0.2) is 9.78 Å². The molecule has 2 aromatic heterocycles. The van der Waals surface area contributed by atoms with Crippen LogP contribution >= 0.6 is 15.9 Å². The summed E-state index contributed by atoms with van der Waals surface area (Å²) in [5.41, 5.74) is 1.08. The molecule has 0 aliphatic carbocycles. The number of oxazole rings is 1. The van der Waals surface area contributed by atoms with Gasteiger partial charge in [0.2, 0.25) is 5.89 Å². The molecule has 0 saturated carbocycles. The topological polar surface area (TPSA) is 68.3 Å². The molecule has 0 spiro atoms. The molecule has 0 fully saturated rings. The van der Waals surface area contributed by atoms with Gasteiger partial charge in [0.15, 0.2) is 0 Å². The molecule has 2 aromatic rings. The zero-order valence-corrected chi connectivity index (χ0v) is 11.0. The fourth-order valence-electron chi connectivity index (χ4n) is 1.47. The van der Waals surface area contributed by atoms with Gasteiger partial charge in [-0.2, -0.15) is 0 Å². The average Bonchev–Trinajstić information content (AvgIpc) is 2.73. The first-order valence-electron chi connectivity index (χ1n) is 4.99. The minimum Gasteiger partial charge on any atom is -0.478 e. The lowest BCUT2D eigenvalue weighted by Gasteiger charge is -2.00. The van der Waals surface area contributed by atoms with Crippen molar-refractivity contribution in [2.24, 2.45) is 0 Å². The Balaban J connectivity index is 2.26.